The highest BCUT2D eigenvalue weighted by Gasteiger charge is 2.36. The fourth-order valence-corrected chi connectivity index (χ4v) is 6.03. The molecule has 0 spiro atoms. The number of nitrogens with one attached hydrogen (secondary N) is 1. The van der Waals surface area contributed by atoms with Crippen LogP contribution in [0.15, 0.2) is 43.0 Å². The molecule has 5 rings (SSSR count). The molecule has 4 heterocycles. The molecule has 1 N–H and O–H groups in total. The predicted octanol–water partition coefficient (Wildman–Crippen LogP) is 2.08. The second-order valence-corrected chi connectivity index (χ2v) is 12.8. The number of nitrogens with zero attached hydrogens (tertiary/aromatic N) is 7. The van der Waals surface area contributed by atoms with Crippen LogP contribution in [0.5, 0.6) is 11.5 Å². The zero-order valence-electron chi connectivity index (χ0n) is 23.9. The highest BCUT2D eigenvalue weighted by atomic mass is 32.2. The Morgan fingerprint density at radius 3 is 2.61 bits per heavy atom. The number of carbonyl (C=O) groups excluding carboxylic acids is 1. The first-order valence-electron chi connectivity index (χ1n) is 13.5. The second-order valence-electron chi connectivity index (χ2n) is 10.7. The van der Waals surface area contributed by atoms with E-state index in [-0.39, 0.29) is 44.2 Å². The summed E-state index contributed by atoms with van der Waals surface area (Å²) in [6, 6.07) is 6.73. The van der Waals surface area contributed by atoms with Gasteiger partial charge in [-0.25, -0.2) is 9.97 Å². The molecule has 2 aromatic heterocycles. The van der Waals surface area contributed by atoms with Crippen molar-refractivity contribution >= 4 is 21.9 Å². The van der Waals surface area contributed by atoms with Gasteiger partial charge in [0.15, 0.2) is 11.5 Å². The van der Waals surface area contributed by atoms with E-state index < -0.39 is 16.3 Å². The van der Waals surface area contributed by atoms with Crippen molar-refractivity contribution in [1.29, 1.82) is 0 Å². The number of hydrogen-bond donors (Lipinski definition) is 1. The summed E-state index contributed by atoms with van der Waals surface area (Å²) >= 11 is 0. The lowest BCUT2D eigenvalue weighted by atomic mass is 10.1. The van der Waals surface area contributed by atoms with Gasteiger partial charge in [-0.05, 0) is 30.5 Å². The van der Waals surface area contributed by atoms with Gasteiger partial charge in [0.1, 0.15) is 12.1 Å². The SMILES string of the molecule is CC(C)c1cc(N2CCN(S(=O)(=O)N(C)C)CC2CC(=O)NC(C)c2ccc3c(c2)OCO3)nc(-n2ccnc2)n1. The van der Waals surface area contributed by atoms with E-state index in [1.165, 1.54) is 22.7 Å². The minimum Gasteiger partial charge on any atom is -0.454 e. The molecule has 0 bridgehead atoms. The highest BCUT2D eigenvalue weighted by molar-refractivity contribution is 7.86. The number of rotatable bonds is 9. The largest absolute Gasteiger partial charge is 0.454 e. The molecular formula is C27H36N8O5S. The fourth-order valence-electron chi connectivity index (χ4n) is 4.90. The van der Waals surface area contributed by atoms with Gasteiger partial charge in [-0.1, -0.05) is 19.9 Å². The first kappa shape index (κ1) is 28.8. The monoisotopic (exact) mass is 584 g/mol. The van der Waals surface area contributed by atoms with E-state index in [2.05, 4.69) is 10.3 Å². The summed E-state index contributed by atoms with van der Waals surface area (Å²) in [6.45, 7) is 6.92. The number of aromatic nitrogens is 4. The molecule has 13 nitrogen and oxygen atoms in total. The van der Waals surface area contributed by atoms with Gasteiger partial charge in [-0.2, -0.15) is 22.0 Å². The van der Waals surface area contributed by atoms with Gasteiger partial charge in [0.2, 0.25) is 18.6 Å². The van der Waals surface area contributed by atoms with Gasteiger partial charge in [0.05, 0.1) is 17.8 Å². The molecule has 2 aliphatic rings. The summed E-state index contributed by atoms with van der Waals surface area (Å²) < 4.78 is 41.3. The van der Waals surface area contributed by atoms with Crippen molar-refractivity contribution in [3.05, 3.63) is 54.2 Å². The number of ether oxygens (including phenoxy) is 2. The van der Waals surface area contributed by atoms with Gasteiger partial charge in [-0.3, -0.25) is 9.36 Å². The Morgan fingerprint density at radius 1 is 1.12 bits per heavy atom. The molecule has 3 aromatic rings. The Hall–Kier alpha value is -3.75. The maximum Gasteiger partial charge on any atom is 0.281 e. The van der Waals surface area contributed by atoms with Crippen LogP contribution in [0.1, 0.15) is 50.4 Å². The molecule has 14 heteroatoms. The van der Waals surface area contributed by atoms with Crippen LogP contribution in [-0.4, -0.2) is 89.0 Å². The molecule has 1 saturated heterocycles. The van der Waals surface area contributed by atoms with Crippen LogP contribution in [0.3, 0.4) is 0 Å². The summed E-state index contributed by atoms with van der Waals surface area (Å²) in [4.78, 5) is 29.1. The zero-order chi connectivity index (χ0) is 29.3. The van der Waals surface area contributed by atoms with Crippen LogP contribution < -0.4 is 19.7 Å². The van der Waals surface area contributed by atoms with Gasteiger partial charge < -0.3 is 19.7 Å². The molecule has 2 unspecified atom stereocenters. The van der Waals surface area contributed by atoms with E-state index in [4.69, 9.17) is 19.4 Å². The van der Waals surface area contributed by atoms with E-state index in [9.17, 15) is 13.2 Å². The van der Waals surface area contributed by atoms with Crippen molar-refractivity contribution in [2.45, 2.75) is 45.2 Å². The normalized spacial score (nSPS) is 18.2. The van der Waals surface area contributed by atoms with Crippen molar-refractivity contribution in [2.75, 3.05) is 45.4 Å². The molecule has 220 valence electrons. The molecule has 1 aromatic carbocycles. The molecule has 2 atom stereocenters. The minimum atomic E-state index is -3.67. The number of hydrogen-bond acceptors (Lipinski definition) is 9. The number of amides is 1. The van der Waals surface area contributed by atoms with Crippen molar-refractivity contribution in [3.63, 3.8) is 0 Å². The average molecular weight is 585 g/mol. The maximum absolute atomic E-state index is 13.4. The Labute approximate surface area is 240 Å². The van der Waals surface area contributed by atoms with Crippen LogP contribution in [0.4, 0.5) is 5.82 Å². The Kier molecular flexibility index (Phi) is 8.16. The van der Waals surface area contributed by atoms with Crippen molar-refractivity contribution in [1.82, 2.24) is 33.4 Å². The molecule has 1 amide bonds. The summed E-state index contributed by atoms with van der Waals surface area (Å²) in [5, 5.41) is 3.06. The Balaban J connectivity index is 1.41. The highest BCUT2D eigenvalue weighted by Crippen LogP contribution is 2.34. The van der Waals surface area contributed by atoms with Gasteiger partial charge in [-0.15, -0.1) is 0 Å². The number of fused-ring (bicyclic) bond motifs is 1. The smallest absolute Gasteiger partial charge is 0.281 e. The van der Waals surface area contributed by atoms with Gasteiger partial charge in [0, 0.05) is 58.6 Å². The predicted molar refractivity (Wildman–Crippen MR) is 152 cm³/mol. The second kappa shape index (κ2) is 11.6. The van der Waals surface area contributed by atoms with Crippen LogP contribution in [-0.2, 0) is 15.0 Å². The number of piperazine rings is 1. The average Bonchev–Trinajstić information content (AvgIpc) is 3.64. The quantitative estimate of drug-likeness (QED) is 0.401. The van der Waals surface area contributed by atoms with Crippen molar-refractivity contribution in [3.8, 4) is 17.4 Å². The first-order chi connectivity index (χ1) is 19.5. The topological polar surface area (TPSA) is 135 Å². The molecule has 0 radical (unpaired) electrons. The molecule has 0 saturated carbocycles. The summed E-state index contributed by atoms with van der Waals surface area (Å²) in [5.41, 5.74) is 1.71. The van der Waals surface area contributed by atoms with E-state index >= 15 is 0 Å². The number of anilines is 1. The molecular weight excluding hydrogens is 548 g/mol. The zero-order valence-corrected chi connectivity index (χ0v) is 24.7. The van der Waals surface area contributed by atoms with E-state index in [0.717, 1.165) is 11.3 Å². The van der Waals surface area contributed by atoms with Crippen LogP contribution in [0.25, 0.3) is 5.95 Å². The van der Waals surface area contributed by atoms with Crippen LogP contribution in [0.2, 0.25) is 0 Å². The molecule has 2 aliphatic heterocycles. The van der Waals surface area contributed by atoms with Crippen LogP contribution >= 0.6 is 0 Å². The van der Waals surface area contributed by atoms with E-state index in [0.29, 0.717) is 29.8 Å². The fraction of sp³-hybridized carbons (Fsp3) is 0.481. The molecule has 41 heavy (non-hydrogen) atoms. The van der Waals surface area contributed by atoms with Crippen molar-refractivity contribution in [2.24, 2.45) is 0 Å². The van der Waals surface area contributed by atoms with E-state index in [1.807, 2.05) is 49.9 Å². The standard InChI is InChI=1S/C27H36N8O5S/c1-18(2)22-14-25(31-27(30-22)33-9-8-28-16-33)35-11-10-34(41(37,38)32(4)5)15-21(35)13-26(36)29-19(3)20-6-7-23-24(12-20)40-17-39-23/h6-9,12,14,16,18-19,21H,10-11,13,15,17H2,1-5H3,(H,29,36). The van der Waals surface area contributed by atoms with Gasteiger partial charge in [0.25, 0.3) is 10.2 Å². The lowest BCUT2D eigenvalue weighted by molar-refractivity contribution is -0.122. The number of carbonyl (C=O) groups is 1. The third kappa shape index (κ3) is 6.14. The third-order valence-corrected chi connectivity index (χ3v) is 9.18. The first-order valence-corrected chi connectivity index (χ1v) is 14.9. The number of benzene rings is 1. The third-order valence-electron chi connectivity index (χ3n) is 7.27. The minimum absolute atomic E-state index is 0.0652. The lowest BCUT2D eigenvalue weighted by Crippen LogP contribution is -2.58. The molecule has 0 aliphatic carbocycles. The summed E-state index contributed by atoms with van der Waals surface area (Å²) in [5.74, 6) is 2.33. The van der Waals surface area contributed by atoms with Crippen molar-refractivity contribution < 1.29 is 22.7 Å². The lowest BCUT2D eigenvalue weighted by Gasteiger charge is -2.42. The summed E-state index contributed by atoms with van der Waals surface area (Å²) in [6.07, 6.45) is 5.13. The maximum atomic E-state index is 13.4. The molecule has 1 fully saturated rings. The van der Waals surface area contributed by atoms with Gasteiger partial charge >= 0.3 is 0 Å². The van der Waals surface area contributed by atoms with E-state index in [1.54, 1.807) is 23.3 Å². The number of imidazole rings is 1. The van der Waals surface area contributed by atoms with Crippen LogP contribution in [0, 0.1) is 0 Å². The summed E-state index contributed by atoms with van der Waals surface area (Å²) in [7, 11) is -0.660. The Morgan fingerprint density at radius 2 is 1.90 bits per heavy atom. The Bertz CT molecular complexity index is 1500.